The fourth-order valence-electron chi connectivity index (χ4n) is 2.80. The highest BCUT2D eigenvalue weighted by Crippen LogP contribution is 2.42. The van der Waals surface area contributed by atoms with Crippen molar-refractivity contribution >= 4 is 22.5 Å². The molecule has 1 saturated heterocycles. The lowest BCUT2D eigenvalue weighted by atomic mass is 9.96. The molecule has 0 amide bonds. The van der Waals surface area contributed by atoms with E-state index in [1.54, 1.807) is 0 Å². The van der Waals surface area contributed by atoms with Crippen LogP contribution in [0.25, 0.3) is 15.9 Å². The van der Waals surface area contributed by atoms with E-state index in [1.165, 1.54) is 24.0 Å². The van der Waals surface area contributed by atoms with Gasteiger partial charge in [0.15, 0.2) is 12.0 Å². The fraction of sp³-hybridized carbons (Fsp3) is 0.462. The minimum atomic E-state index is -1.71. The highest BCUT2D eigenvalue weighted by Gasteiger charge is 2.53. The van der Waals surface area contributed by atoms with E-state index in [9.17, 15) is 15.3 Å². The van der Waals surface area contributed by atoms with Crippen molar-refractivity contribution in [3.05, 3.63) is 23.9 Å². The predicted octanol–water partition coefficient (Wildman–Crippen LogP) is -0.215. The van der Waals surface area contributed by atoms with E-state index in [-0.39, 0.29) is 22.5 Å². The second-order valence-corrected chi connectivity index (χ2v) is 5.45. The molecular weight excluding hydrogens is 306 g/mol. The summed E-state index contributed by atoms with van der Waals surface area (Å²) >= 11 is 0. The zero-order chi connectivity index (χ0) is 16.8. The van der Waals surface area contributed by atoms with Gasteiger partial charge in [-0.2, -0.15) is 0 Å². The van der Waals surface area contributed by atoms with Gasteiger partial charge in [-0.15, -0.1) is 0 Å². The Balaban J connectivity index is 2.20. The maximum Gasteiger partial charge on any atom is 0.217 e. The van der Waals surface area contributed by atoms with Gasteiger partial charge >= 0.3 is 0 Å². The van der Waals surface area contributed by atoms with Crippen LogP contribution in [0.5, 0.6) is 0 Å². The topological polar surface area (TPSA) is 137 Å². The summed E-state index contributed by atoms with van der Waals surface area (Å²) < 4.78 is 6.91. The first kappa shape index (κ1) is 15.6. The van der Waals surface area contributed by atoms with Crippen molar-refractivity contribution in [2.45, 2.75) is 31.0 Å². The SMILES string of the molecule is [C-]#[N+]c1cn(C2OC(CO)C(O)C2(C)O)c2ncnc(NO)c12. The van der Waals surface area contributed by atoms with Gasteiger partial charge in [0.1, 0.15) is 29.8 Å². The monoisotopic (exact) mass is 321 g/mol. The van der Waals surface area contributed by atoms with Crippen molar-refractivity contribution in [3.8, 4) is 0 Å². The van der Waals surface area contributed by atoms with Crippen molar-refractivity contribution < 1.29 is 25.3 Å². The Morgan fingerprint density at radius 3 is 2.83 bits per heavy atom. The third kappa shape index (κ3) is 2.14. The molecule has 1 fully saturated rings. The van der Waals surface area contributed by atoms with Crippen molar-refractivity contribution in [1.29, 1.82) is 0 Å². The highest BCUT2D eigenvalue weighted by molar-refractivity contribution is 5.99. The van der Waals surface area contributed by atoms with E-state index in [2.05, 4.69) is 14.8 Å². The summed E-state index contributed by atoms with van der Waals surface area (Å²) in [6.07, 6.45) is -0.799. The van der Waals surface area contributed by atoms with Crippen LogP contribution in [0.1, 0.15) is 13.2 Å². The largest absolute Gasteiger partial charge is 0.394 e. The standard InChI is InChI=1S/C13H15N5O5/c1-13(21)9(20)7(4-19)23-12(13)18-3-6(14-2)8-10(17-22)15-5-16-11(8)18/h3,5,7,9,12,19-22H,4H2,1H3,(H,15,16,17). The molecule has 10 heteroatoms. The molecule has 4 unspecified atom stereocenters. The summed E-state index contributed by atoms with van der Waals surface area (Å²) in [4.78, 5) is 11.3. The van der Waals surface area contributed by atoms with Gasteiger partial charge in [0, 0.05) is 6.20 Å². The third-order valence-corrected chi connectivity index (χ3v) is 4.00. The maximum atomic E-state index is 10.6. The van der Waals surface area contributed by atoms with Gasteiger partial charge in [-0.3, -0.25) is 10.7 Å². The van der Waals surface area contributed by atoms with Gasteiger partial charge in [0.05, 0.1) is 18.6 Å². The first-order chi connectivity index (χ1) is 11.0. The number of ether oxygens (including phenoxy) is 1. The quantitative estimate of drug-likeness (QED) is 0.387. The van der Waals surface area contributed by atoms with Crippen LogP contribution >= 0.6 is 0 Å². The first-order valence-electron chi connectivity index (χ1n) is 6.75. The van der Waals surface area contributed by atoms with Gasteiger partial charge in [0.2, 0.25) is 5.69 Å². The Morgan fingerprint density at radius 2 is 2.26 bits per heavy atom. The summed E-state index contributed by atoms with van der Waals surface area (Å²) in [5.74, 6) is 0.0386. The van der Waals surface area contributed by atoms with Crippen LogP contribution in [-0.2, 0) is 4.74 Å². The zero-order valence-electron chi connectivity index (χ0n) is 12.1. The lowest BCUT2D eigenvalue weighted by molar-refractivity contribution is -0.0947. The molecule has 10 nitrogen and oxygen atoms in total. The van der Waals surface area contributed by atoms with Crippen molar-refractivity contribution in [3.63, 3.8) is 0 Å². The lowest BCUT2D eigenvalue weighted by Gasteiger charge is -2.27. The van der Waals surface area contributed by atoms with Crippen LogP contribution in [-0.4, -0.2) is 59.5 Å². The number of nitrogens with one attached hydrogen (secondary N) is 1. The molecule has 0 bridgehead atoms. The molecule has 2 aromatic rings. The van der Waals surface area contributed by atoms with Gasteiger partial charge in [-0.25, -0.2) is 14.8 Å². The number of rotatable bonds is 3. The second kappa shape index (κ2) is 5.41. The molecule has 0 saturated carbocycles. The van der Waals surface area contributed by atoms with Crippen LogP contribution < -0.4 is 5.48 Å². The smallest absolute Gasteiger partial charge is 0.217 e. The van der Waals surface area contributed by atoms with Crippen molar-refractivity contribution in [2.24, 2.45) is 0 Å². The third-order valence-electron chi connectivity index (χ3n) is 4.00. The number of aromatic nitrogens is 3. The van der Waals surface area contributed by atoms with E-state index in [4.69, 9.17) is 16.5 Å². The Bertz CT molecular complexity index is 783. The van der Waals surface area contributed by atoms with Crippen LogP contribution in [0.4, 0.5) is 11.5 Å². The number of fused-ring (bicyclic) bond motifs is 1. The number of anilines is 1. The summed E-state index contributed by atoms with van der Waals surface area (Å²) in [6.45, 7) is 8.15. The molecule has 0 radical (unpaired) electrons. The minimum absolute atomic E-state index is 0.0386. The van der Waals surface area contributed by atoms with Crippen molar-refractivity contribution in [2.75, 3.05) is 12.1 Å². The molecule has 0 spiro atoms. The number of aliphatic hydroxyl groups excluding tert-OH is 2. The second-order valence-electron chi connectivity index (χ2n) is 5.45. The predicted molar refractivity (Wildman–Crippen MR) is 76.8 cm³/mol. The van der Waals surface area contributed by atoms with Gasteiger partial charge in [-0.1, -0.05) is 0 Å². The highest BCUT2D eigenvalue weighted by atomic mass is 16.6. The number of nitrogens with zero attached hydrogens (tertiary/aromatic N) is 4. The van der Waals surface area contributed by atoms with E-state index < -0.39 is 30.6 Å². The first-order valence-corrected chi connectivity index (χ1v) is 6.75. The normalized spacial score (nSPS) is 30.5. The van der Waals surface area contributed by atoms with E-state index in [0.29, 0.717) is 0 Å². The maximum absolute atomic E-state index is 10.6. The molecule has 4 atom stereocenters. The average molecular weight is 321 g/mol. The molecule has 3 heterocycles. The lowest BCUT2D eigenvalue weighted by Crippen LogP contribution is -2.44. The molecule has 3 rings (SSSR count). The van der Waals surface area contributed by atoms with Crippen LogP contribution in [0.3, 0.4) is 0 Å². The van der Waals surface area contributed by atoms with E-state index >= 15 is 0 Å². The summed E-state index contributed by atoms with van der Waals surface area (Å²) in [5, 5.41) is 39.3. The average Bonchev–Trinajstić information content (AvgIpc) is 3.03. The van der Waals surface area contributed by atoms with Crippen LogP contribution in [0.2, 0.25) is 0 Å². The fourth-order valence-corrected chi connectivity index (χ4v) is 2.80. The molecule has 5 N–H and O–H groups in total. The molecule has 1 aliphatic heterocycles. The molecular formula is C13H15N5O5. The molecule has 1 aliphatic rings. The summed E-state index contributed by atoms with van der Waals surface area (Å²) in [6, 6.07) is 0. The van der Waals surface area contributed by atoms with Crippen LogP contribution in [0, 0.1) is 6.57 Å². The summed E-state index contributed by atoms with van der Waals surface area (Å²) in [7, 11) is 0. The van der Waals surface area contributed by atoms with Gasteiger partial charge < -0.3 is 24.6 Å². The van der Waals surface area contributed by atoms with Gasteiger partial charge in [-0.05, 0) is 6.92 Å². The Labute approximate surface area is 130 Å². The van der Waals surface area contributed by atoms with Crippen molar-refractivity contribution in [1.82, 2.24) is 14.5 Å². The minimum Gasteiger partial charge on any atom is -0.394 e. The van der Waals surface area contributed by atoms with Gasteiger partial charge in [0.25, 0.3) is 0 Å². The Hall–Kier alpha value is -2.29. The molecule has 2 aromatic heterocycles. The number of aliphatic hydroxyl groups is 3. The Kier molecular flexibility index (Phi) is 3.67. The van der Waals surface area contributed by atoms with E-state index in [1.807, 2.05) is 5.48 Å². The molecule has 0 aromatic carbocycles. The summed E-state index contributed by atoms with van der Waals surface area (Å²) in [5.41, 5.74) is 0.558. The zero-order valence-corrected chi connectivity index (χ0v) is 12.1. The Morgan fingerprint density at radius 1 is 1.52 bits per heavy atom. The molecule has 122 valence electrons. The number of hydrogen-bond donors (Lipinski definition) is 5. The number of hydrogen-bond acceptors (Lipinski definition) is 8. The van der Waals surface area contributed by atoms with Crippen LogP contribution in [0.15, 0.2) is 12.5 Å². The van der Waals surface area contributed by atoms with E-state index in [0.717, 1.165) is 0 Å². The molecule has 0 aliphatic carbocycles. The molecule has 23 heavy (non-hydrogen) atoms.